The summed E-state index contributed by atoms with van der Waals surface area (Å²) in [6, 6.07) is 5.62. The Labute approximate surface area is 112 Å². The monoisotopic (exact) mass is 287 g/mol. The number of aliphatic hydroxyl groups excluding tert-OH is 1. The molecule has 0 bridgehead atoms. The van der Waals surface area contributed by atoms with Gasteiger partial charge in [0.05, 0.1) is 23.7 Å². The van der Waals surface area contributed by atoms with E-state index in [0.29, 0.717) is 5.56 Å². The second-order valence-corrected chi connectivity index (χ2v) is 7.23. The lowest BCUT2D eigenvalue weighted by Crippen LogP contribution is -2.42. The van der Waals surface area contributed by atoms with Crippen molar-refractivity contribution in [3.05, 3.63) is 35.6 Å². The molecule has 3 unspecified atom stereocenters. The summed E-state index contributed by atoms with van der Waals surface area (Å²) < 4.78 is 36.8. The van der Waals surface area contributed by atoms with Gasteiger partial charge in [0.2, 0.25) is 0 Å². The Morgan fingerprint density at radius 3 is 2.53 bits per heavy atom. The average molecular weight is 287 g/mol. The molecule has 0 radical (unpaired) electrons. The normalized spacial score (nSPS) is 27.6. The van der Waals surface area contributed by atoms with Crippen molar-refractivity contribution in [1.29, 1.82) is 0 Å². The molecule has 0 aliphatic carbocycles. The van der Waals surface area contributed by atoms with Gasteiger partial charge in [-0.1, -0.05) is 18.2 Å². The Morgan fingerprint density at radius 1 is 1.37 bits per heavy atom. The quantitative estimate of drug-likeness (QED) is 0.900. The zero-order valence-electron chi connectivity index (χ0n) is 11.0. The fourth-order valence-electron chi connectivity index (χ4n) is 2.52. The van der Waals surface area contributed by atoms with Gasteiger partial charge in [0.1, 0.15) is 5.82 Å². The van der Waals surface area contributed by atoms with E-state index in [1.54, 1.807) is 37.1 Å². The number of hydrogen-bond acceptors (Lipinski definition) is 4. The summed E-state index contributed by atoms with van der Waals surface area (Å²) in [5, 5.41) is 9.85. The van der Waals surface area contributed by atoms with E-state index in [1.165, 1.54) is 6.07 Å². The van der Waals surface area contributed by atoms with Crippen molar-refractivity contribution in [2.75, 3.05) is 18.6 Å². The predicted octanol–water partition coefficient (Wildman–Crippen LogP) is 0.976. The largest absolute Gasteiger partial charge is 0.390 e. The topological polar surface area (TPSA) is 57.6 Å². The van der Waals surface area contributed by atoms with E-state index in [9.17, 15) is 17.9 Å². The van der Waals surface area contributed by atoms with Crippen LogP contribution in [-0.2, 0) is 9.84 Å². The van der Waals surface area contributed by atoms with Crippen molar-refractivity contribution < 1.29 is 17.9 Å². The van der Waals surface area contributed by atoms with Gasteiger partial charge < -0.3 is 5.11 Å². The van der Waals surface area contributed by atoms with Crippen LogP contribution >= 0.6 is 0 Å². The zero-order valence-corrected chi connectivity index (χ0v) is 11.8. The molecule has 0 amide bonds. The molecule has 1 N–H and O–H groups in total. The number of aliphatic hydroxyl groups is 1. The molecule has 3 atom stereocenters. The van der Waals surface area contributed by atoms with Crippen LogP contribution < -0.4 is 0 Å². The third-order valence-corrected chi connectivity index (χ3v) is 5.48. The van der Waals surface area contributed by atoms with Gasteiger partial charge in [-0.15, -0.1) is 0 Å². The Bertz CT molecular complexity index is 561. The maximum absolute atomic E-state index is 13.7. The standard InChI is InChI=1S/C13H18FNO3S/c1-9(10-5-3-4-6-11(10)14)15(2)12-7-19(17,18)8-13(12)16/h3-6,9,12-13,16H,7-8H2,1-2H3. The molecule has 1 aromatic carbocycles. The van der Waals surface area contributed by atoms with Crippen LogP contribution in [0.3, 0.4) is 0 Å². The molecule has 2 rings (SSSR count). The maximum Gasteiger partial charge on any atom is 0.154 e. The van der Waals surface area contributed by atoms with Gasteiger partial charge in [0.25, 0.3) is 0 Å². The highest BCUT2D eigenvalue weighted by molar-refractivity contribution is 7.91. The van der Waals surface area contributed by atoms with Crippen LogP contribution in [0.5, 0.6) is 0 Å². The molecule has 0 spiro atoms. The second kappa shape index (κ2) is 5.19. The van der Waals surface area contributed by atoms with Crippen LogP contribution in [0.25, 0.3) is 0 Å². The summed E-state index contributed by atoms with van der Waals surface area (Å²) in [6.45, 7) is 1.80. The Hall–Kier alpha value is -0.980. The van der Waals surface area contributed by atoms with Gasteiger partial charge in [-0.05, 0) is 20.0 Å². The van der Waals surface area contributed by atoms with E-state index in [2.05, 4.69) is 0 Å². The van der Waals surface area contributed by atoms with Crippen LogP contribution in [-0.4, -0.2) is 49.1 Å². The lowest BCUT2D eigenvalue weighted by molar-refractivity contribution is 0.0767. The van der Waals surface area contributed by atoms with Crippen LogP contribution in [0.15, 0.2) is 24.3 Å². The number of likely N-dealkylation sites (N-methyl/N-ethyl adjacent to an activating group) is 1. The molecule has 0 aromatic heterocycles. The average Bonchev–Trinajstić information content (AvgIpc) is 2.61. The minimum atomic E-state index is -3.20. The smallest absolute Gasteiger partial charge is 0.154 e. The van der Waals surface area contributed by atoms with Crippen LogP contribution in [0.1, 0.15) is 18.5 Å². The first-order valence-corrected chi connectivity index (χ1v) is 7.99. The highest BCUT2D eigenvalue weighted by Gasteiger charge is 2.40. The van der Waals surface area contributed by atoms with Crippen molar-refractivity contribution in [3.63, 3.8) is 0 Å². The third kappa shape index (κ3) is 2.96. The van der Waals surface area contributed by atoms with Gasteiger partial charge in [0.15, 0.2) is 9.84 Å². The molecule has 19 heavy (non-hydrogen) atoms. The van der Waals surface area contributed by atoms with E-state index in [-0.39, 0.29) is 23.4 Å². The van der Waals surface area contributed by atoms with Crippen molar-refractivity contribution in [3.8, 4) is 0 Å². The highest BCUT2D eigenvalue weighted by atomic mass is 32.2. The van der Waals surface area contributed by atoms with Gasteiger partial charge in [-0.25, -0.2) is 12.8 Å². The number of sulfone groups is 1. The molecule has 1 aliphatic heterocycles. The van der Waals surface area contributed by atoms with Gasteiger partial charge >= 0.3 is 0 Å². The molecular weight excluding hydrogens is 269 g/mol. The molecule has 1 aliphatic rings. The van der Waals surface area contributed by atoms with Crippen molar-refractivity contribution >= 4 is 9.84 Å². The minimum absolute atomic E-state index is 0.0799. The Kier molecular flexibility index (Phi) is 3.94. The molecule has 4 nitrogen and oxygen atoms in total. The highest BCUT2D eigenvalue weighted by Crippen LogP contribution is 2.27. The fraction of sp³-hybridized carbons (Fsp3) is 0.538. The van der Waals surface area contributed by atoms with E-state index in [0.717, 1.165) is 0 Å². The lowest BCUT2D eigenvalue weighted by Gasteiger charge is -2.32. The maximum atomic E-state index is 13.7. The van der Waals surface area contributed by atoms with E-state index < -0.39 is 22.0 Å². The second-order valence-electron chi connectivity index (χ2n) is 5.07. The van der Waals surface area contributed by atoms with Crippen LogP contribution in [0, 0.1) is 5.82 Å². The minimum Gasteiger partial charge on any atom is -0.390 e. The third-order valence-electron chi connectivity index (χ3n) is 3.78. The summed E-state index contributed by atoms with van der Waals surface area (Å²) in [6.07, 6.45) is -0.913. The molecule has 0 saturated carbocycles. The van der Waals surface area contributed by atoms with Gasteiger partial charge in [-0.2, -0.15) is 0 Å². The number of halogens is 1. The van der Waals surface area contributed by atoms with Gasteiger partial charge in [0, 0.05) is 11.6 Å². The fourth-order valence-corrected chi connectivity index (χ4v) is 4.38. The van der Waals surface area contributed by atoms with Crippen molar-refractivity contribution in [2.45, 2.75) is 25.1 Å². The van der Waals surface area contributed by atoms with Crippen molar-refractivity contribution in [1.82, 2.24) is 4.90 Å². The molecule has 1 aromatic rings. The van der Waals surface area contributed by atoms with E-state index in [4.69, 9.17) is 0 Å². The first-order chi connectivity index (χ1) is 8.82. The Balaban J connectivity index is 2.21. The Morgan fingerprint density at radius 2 is 2.00 bits per heavy atom. The summed E-state index contributed by atoms with van der Waals surface area (Å²) in [5.74, 6) is -0.618. The van der Waals surface area contributed by atoms with Crippen LogP contribution in [0.4, 0.5) is 4.39 Å². The first kappa shape index (κ1) is 14.4. The lowest BCUT2D eigenvalue weighted by atomic mass is 10.0. The molecule has 6 heteroatoms. The van der Waals surface area contributed by atoms with Crippen LogP contribution in [0.2, 0.25) is 0 Å². The van der Waals surface area contributed by atoms with Crippen molar-refractivity contribution in [2.24, 2.45) is 0 Å². The molecule has 106 valence electrons. The molecule has 1 heterocycles. The first-order valence-electron chi connectivity index (χ1n) is 6.16. The summed E-state index contributed by atoms with van der Waals surface area (Å²) in [7, 11) is -1.49. The zero-order chi connectivity index (χ0) is 14.2. The van der Waals surface area contributed by atoms with E-state index >= 15 is 0 Å². The number of rotatable bonds is 3. The molecule has 1 saturated heterocycles. The number of nitrogens with zero attached hydrogens (tertiary/aromatic N) is 1. The van der Waals surface area contributed by atoms with Gasteiger partial charge in [-0.3, -0.25) is 4.90 Å². The number of hydrogen-bond donors (Lipinski definition) is 1. The summed E-state index contributed by atoms with van der Waals surface area (Å²) in [4.78, 5) is 1.73. The predicted molar refractivity (Wildman–Crippen MR) is 71.0 cm³/mol. The molecule has 1 fully saturated rings. The summed E-state index contributed by atoms with van der Waals surface area (Å²) >= 11 is 0. The SMILES string of the molecule is CC(c1ccccc1F)N(C)C1CS(=O)(=O)CC1O. The molecular formula is C13H18FNO3S. The number of benzene rings is 1. The van der Waals surface area contributed by atoms with E-state index in [1.807, 2.05) is 0 Å². The summed E-state index contributed by atoms with van der Waals surface area (Å²) in [5.41, 5.74) is 0.501.